The lowest BCUT2D eigenvalue weighted by Crippen LogP contribution is -2.42. The summed E-state index contributed by atoms with van der Waals surface area (Å²) >= 11 is 0. The Morgan fingerprint density at radius 1 is 1.60 bits per heavy atom. The van der Waals surface area contributed by atoms with Crippen LogP contribution in [0.2, 0.25) is 0 Å². The van der Waals surface area contributed by atoms with E-state index in [1.807, 2.05) is 0 Å². The van der Waals surface area contributed by atoms with Gasteiger partial charge in [-0.1, -0.05) is 6.92 Å². The first-order valence-corrected chi connectivity index (χ1v) is 5.36. The molecule has 1 amide bonds. The SMILES string of the molecule is CCN[C@H](C)CNC(=O)C1CCCO1.Cl. The first-order chi connectivity index (χ1) is 6.74. The number of carbonyl (C=O) groups is 1. The summed E-state index contributed by atoms with van der Waals surface area (Å²) in [6, 6.07) is 0.324. The fourth-order valence-corrected chi connectivity index (χ4v) is 1.57. The van der Waals surface area contributed by atoms with Gasteiger partial charge >= 0.3 is 0 Å². The largest absolute Gasteiger partial charge is 0.368 e. The van der Waals surface area contributed by atoms with E-state index in [1.54, 1.807) is 0 Å². The van der Waals surface area contributed by atoms with Crippen molar-refractivity contribution in [1.29, 1.82) is 0 Å². The highest BCUT2D eigenvalue weighted by molar-refractivity contribution is 5.85. The van der Waals surface area contributed by atoms with Crippen molar-refractivity contribution in [3.05, 3.63) is 0 Å². The molecule has 15 heavy (non-hydrogen) atoms. The highest BCUT2D eigenvalue weighted by Crippen LogP contribution is 2.11. The number of carbonyl (C=O) groups excluding carboxylic acids is 1. The summed E-state index contributed by atoms with van der Waals surface area (Å²) in [6.45, 7) is 6.43. The molecule has 4 nitrogen and oxygen atoms in total. The van der Waals surface area contributed by atoms with Crippen molar-refractivity contribution >= 4 is 18.3 Å². The van der Waals surface area contributed by atoms with Crippen LogP contribution < -0.4 is 10.6 Å². The van der Waals surface area contributed by atoms with Crippen molar-refractivity contribution in [1.82, 2.24) is 10.6 Å². The summed E-state index contributed by atoms with van der Waals surface area (Å²) in [6.07, 6.45) is 1.66. The van der Waals surface area contributed by atoms with Crippen LogP contribution in [0.4, 0.5) is 0 Å². The number of nitrogens with one attached hydrogen (secondary N) is 2. The highest BCUT2D eigenvalue weighted by atomic mass is 35.5. The maximum atomic E-state index is 11.5. The van der Waals surface area contributed by atoms with Gasteiger partial charge in [-0.05, 0) is 26.3 Å². The number of halogens is 1. The Morgan fingerprint density at radius 2 is 2.33 bits per heavy atom. The average molecular weight is 237 g/mol. The van der Waals surface area contributed by atoms with E-state index in [4.69, 9.17) is 4.74 Å². The van der Waals surface area contributed by atoms with E-state index in [0.717, 1.165) is 26.0 Å². The topological polar surface area (TPSA) is 50.4 Å². The molecule has 0 aliphatic carbocycles. The van der Waals surface area contributed by atoms with E-state index in [0.29, 0.717) is 12.6 Å². The Balaban J connectivity index is 0.00000196. The maximum absolute atomic E-state index is 11.5. The van der Waals surface area contributed by atoms with Gasteiger partial charge in [0.25, 0.3) is 0 Å². The van der Waals surface area contributed by atoms with Crippen LogP contribution in [-0.4, -0.2) is 37.7 Å². The molecule has 0 aromatic heterocycles. The second kappa shape index (κ2) is 7.91. The number of likely N-dealkylation sites (N-methyl/N-ethyl adjacent to an activating group) is 1. The normalized spacial score (nSPS) is 21.9. The van der Waals surface area contributed by atoms with Crippen molar-refractivity contribution in [3.63, 3.8) is 0 Å². The molecule has 2 N–H and O–H groups in total. The summed E-state index contributed by atoms with van der Waals surface area (Å²) in [5.74, 6) is 0.0345. The van der Waals surface area contributed by atoms with Gasteiger partial charge in [0.1, 0.15) is 6.10 Å². The van der Waals surface area contributed by atoms with E-state index in [1.165, 1.54) is 0 Å². The van der Waals surface area contributed by atoms with Gasteiger partial charge in [0.15, 0.2) is 0 Å². The number of hydrogen-bond acceptors (Lipinski definition) is 3. The van der Waals surface area contributed by atoms with Gasteiger partial charge in [-0.2, -0.15) is 0 Å². The third-order valence-electron chi connectivity index (χ3n) is 2.36. The number of amides is 1. The average Bonchev–Trinajstić information content (AvgIpc) is 2.67. The summed E-state index contributed by atoms with van der Waals surface area (Å²) in [5.41, 5.74) is 0. The van der Waals surface area contributed by atoms with Crippen LogP contribution in [0, 0.1) is 0 Å². The van der Waals surface area contributed by atoms with E-state index in [-0.39, 0.29) is 24.4 Å². The molecule has 1 unspecified atom stereocenters. The lowest BCUT2D eigenvalue weighted by molar-refractivity contribution is -0.130. The zero-order valence-electron chi connectivity index (χ0n) is 9.41. The van der Waals surface area contributed by atoms with Crippen LogP contribution in [0.5, 0.6) is 0 Å². The molecule has 1 aliphatic heterocycles. The lowest BCUT2D eigenvalue weighted by Gasteiger charge is -2.15. The van der Waals surface area contributed by atoms with E-state index in [2.05, 4.69) is 24.5 Å². The first kappa shape index (κ1) is 14.7. The van der Waals surface area contributed by atoms with Crippen LogP contribution in [0.15, 0.2) is 0 Å². The molecule has 5 heteroatoms. The quantitative estimate of drug-likeness (QED) is 0.739. The smallest absolute Gasteiger partial charge is 0.249 e. The Morgan fingerprint density at radius 3 is 2.87 bits per heavy atom. The molecule has 90 valence electrons. The third-order valence-corrected chi connectivity index (χ3v) is 2.36. The standard InChI is InChI=1S/C10H20N2O2.ClH/c1-3-11-8(2)7-12-10(13)9-5-4-6-14-9;/h8-9,11H,3-7H2,1-2H3,(H,12,13);1H/t8-,9?;/m1./s1. The summed E-state index contributed by atoms with van der Waals surface area (Å²) < 4.78 is 5.27. The minimum atomic E-state index is -0.205. The van der Waals surface area contributed by atoms with Gasteiger partial charge in [-0.15, -0.1) is 12.4 Å². The number of ether oxygens (including phenoxy) is 1. The molecule has 0 bridgehead atoms. The van der Waals surface area contributed by atoms with Crippen LogP contribution >= 0.6 is 12.4 Å². The monoisotopic (exact) mass is 236 g/mol. The molecule has 1 fully saturated rings. The van der Waals surface area contributed by atoms with Crippen molar-refractivity contribution in [2.45, 2.75) is 38.8 Å². The minimum absolute atomic E-state index is 0. The van der Waals surface area contributed by atoms with Crippen molar-refractivity contribution in [3.8, 4) is 0 Å². The summed E-state index contributed by atoms with van der Waals surface area (Å²) in [5, 5.41) is 6.12. The molecule has 0 aromatic rings. The molecular weight excluding hydrogens is 216 g/mol. The van der Waals surface area contributed by atoms with Gasteiger partial charge in [0.05, 0.1) is 0 Å². The Hall–Kier alpha value is -0.320. The Kier molecular flexibility index (Phi) is 7.74. The molecule has 1 aliphatic rings. The van der Waals surface area contributed by atoms with Crippen molar-refractivity contribution in [2.24, 2.45) is 0 Å². The lowest BCUT2D eigenvalue weighted by atomic mass is 10.2. The van der Waals surface area contributed by atoms with E-state index >= 15 is 0 Å². The molecule has 1 heterocycles. The number of hydrogen-bond donors (Lipinski definition) is 2. The Labute approximate surface area is 97.5 Å². The van der Waals surface area contributed by atoms with Crippen molar-refractivity contribution in [2.75, 3.05) is 19.7 Å². The summed E-state index contributed by atoms with van der Waals surface area (Å²) in [7, 11) is 0. The van der Waals surface area contributed by atoms with Gasteiger partial charge < -0.3 is 15.4 Å². The molecule has 0 spiro atoms. The molecule has 0 aromatic carbocycles. The van der Waals surface area contributed by atoms with Crippen LogP contribution in [0.3, 0.4) is 0 Å². The zero-order chi connectivity index (χ0) is 10.4. The van der Waals surface area contributed by atoms with Gasteiger partial charge in [-0.25, -0.2) is 0 Å². The van der Waals surface area contributed by atoms with Crippen LogP contribution in [0.1, 0.15) is 26.7 Å². The predicted molar refractivity (Wildman–Crippen MR) is 62.4 cm³/mol. The molecule has 1 rings (SSSR count). The third kappa shape index (κ3) is 5.35. The molecule has 1 saturated heterocycles. The first-order valence-electron chi connectivity index (χ1n) is 5.36. The van der Waals surface area contributed by atoms with Gasteiger partial charge in [0.2, 0.25) is 5.91 Å². The predicted octanol–water partition coefficient (Wildman–Crippen LogP) is 0.701. The Bertz CT molecular complexity index is 184. The molecular formula is C10H21ClN2O2. The second-order valence-corrected chi connectivity index (χ2v) is 3.71. The van der Waals surface area contributed by atoms with Crippen LogP contribution in [-0.2, 0) is 9.53 Å². The van der Waals surface area contributed by atoms with Gasteiger partial charge in [-0.3, -0.25) is 4.79 Å². The molecule has 0 saturated carbocycles. The molecule has 2 atom stereocenters. The van der Waals surface area contributed by atoms with Crippen LogP contribution in [0.25, 0.3) is 0 Å². The fraction of sp³-hybridized carbons (Fsp3) is 0.900. The fourth-order valence-electron chi connectivity index (χ4n) is 1.57. The van der Waals surface area contributed by atoms with E-state index < -0.39 is 0 Å². The maximum Gasteiger partial charge on any atom is 0.249 e. The second-order valence-electron chi connectivity index (χ2n) is 3.71. The van der Waals surface area contributed by atoms with Crippen molar-refractivity contribution < 1.29 is 9.53 Å². The van der Waals surface area contributed by atoms with Gasteiger partial charge in [0, 0.05) is 19.2 Å². The zero-order valence-corrected chi connectivity index (χ0v) is 10.2. The highest BCUT2D eigenvalue weighted by Gasteiger charge is 2.23. The molecule has 0 radical (unpaired) electrons. The minimum Gasteiger partial charge on any atom is -0.368 e. The summed E-state index contributed by atoms with van der Waals surface area (Å²) in [4.78, 5) is 11.5. The number of rotatable bonds is 5. The van der Waals surface area contributed by atoms with E-state index in [9.17, 15) is 4.79 Å².